The van der Waals surface area contributed by atoms with Gasteiger partial charge in [0.25, 0.3) is 5.91 Å². The minimum atomic E-state index is -0.226. The molecule has 4 rings (SSSR count). The third-order valence-electron chi connectivity index (χ3n) is 4.61. The molecule has 2 atom stereocenters. The van der Waals surface area contributed by atoms with Crippen LogP contribution in [0, 0.1) is 11.3 Å². The van der Waals surface area contributed by atoms with Gasteiger partial charge in [-0.05, 0) is 35.7 Å². The molecule has 2 aliphatic rings. The second-order valence-corrected chi connectivity index (χ2v) is 5.94. The van der Waals surface area contributed by atoms with E-state index in [1.165, 1.54) is 0 Å². The van der Waals surface area contributed by atoms with Gasteiger partial charge in [0.1, 0.15) is 6.17 Å². The van der Waals surface area contributed by atoms with Crippen molar-refractivity contribution in [2.24, 2.45) is 5.73 Å². The van der Waals surface area contributed by atoms with Crippen LogP contribution < -0.4 is 16.0 Å². The molecule has 5 heteroatoms. The van der Waals surface area contributed by atoms with E-state index in [0.29, 0.717) is 11.1 Å². The molecule has 2 aromatic rings. The molecular weight excluding hydrogens is 288 g/mol. The number of nitrogens with zero attached hydrogens (tertiary/aromatic N) is 2. The zero-order chi connectivity index (χ0) is 16.0. The highest BCUT2D eigenvalue weighted by atomic mass is 16.2. The molecule has 0 spiro atoms. The van der Waals surface area contributed by atoms with Gasteiger partial charge >= 0.3 is 0 Å². The van der Waals surface area contributed by atoms with Crippen LogP contribution in [-0.2, 0) is 0 Å². The Bertz CT molecular complexity index is 822. The maximum Gasteiger partial charge on any atom is 0.255 e. The molecule has 0 unspecified atom stereocenters. The van der Waals surface area contributed by atoms with E-state index < -0.39 is 0 Å². The molecule has 2 aromatic carbocycles. The summed E-state index contributed by atoms with van der Waals surface area (Å²) in [5, 5.41) is 12.0. The lowest BCUT2D eigenvalue weighted by Gasteiger charge is -2.44. The molecule has 0 fully saturated rings. The van der Waals surface area contributed by atoms with Crippen molar-refractivity contribution in [1.82, 2.24) is 5.32 Å². The molecule has 0 radical (unpaired) electrons. The van der Waals surface area contributed by atoms with Crippen LogP contribution in [0.1, 0.15) is 45.7 Å². The summed E-state index contributed by atoms with van der Waals surface area (Å²) in [6.07, 6.45) is 0.621. The Morgan fingerprint density at radius 2 is 2.00 bits per heavy atom. The highest BCUT2D eigenvalue weighted by Gasteiger charge is 2.36. The molecule has 23 heavy (non-hydrogen) atoms. The van der Waals surface area contributed by atoms with E-state index in [2.05, 4.69) is 16.3 Å². The van der Waals surface area contributed by atoms with Gasteiger partial charge in [0.05, 0.1) is 22.9 Å². The first-order valence-electron chi connectivity index (χ1n) is 7.65. The molecular formula is C18H16N4O. The van der Waals surface area contributed by atoms with Gasteiger partial charge in [0.15, 0.2) is 0 Å². The van der Waals surface area contributed by atoms with Gasteiger partial charge in [-0.15, -0.1) is 0 Å². The van der Waals surface area contributed by atoms with Gasteiger partial charge < -0.3 is 16.0 Å². The van der Waals surface area contributed by atoms with Crippen molar-refractivity contribution in [2.75, 3.05) is 11.4 Å². The summed E-state index contributed by atoms with van der Waals surface area (Å²) < 4.78 is 0. The minimum Gasteiger partial charge on any atom is -0.346 e. The number of benzene rings is 2. The standard InChI is InChI=1S/C18H16N4O/c19-10-11-4-6-12(7-5-11)17-21-18(23)14-3-1-2-13-15(20)8-9-22(17)16(13)14/h1-7,15,17H,8-9,20H2,(H,21,23)/t15-,17-/m1/s1. The third kappa shape index (κ3) is 2.07. The summed E-state index contributed by atoms with van der Waals surface area (Å²) in [7, 11) is 0. The first kappa shape index (κ1) is 13.8. The first-order valence-corrected chi connectivity index (χ1v) is 7.65. The summed E-state index contributed by atoms with van der Waals surface area (Å²) in [6, 6.07) is 15.2. The van der Waals surface area contributed by atoms with Gasteiger partial charge in [-0.25, -0.2) is 0 Å². The Hall–Kier alpha value is -2.84. The lowest BCUT2D eigenvalue weighted by molar-refractivity contribution is 0.0925. The maximum absolute atomic E-state index is 12.5. The van der Waals surface area contributed by atoms with Crippen molar-refractivity contribution >= 4 is 11.6 Å². The van der Waals surface area contributed by atoms with Crippen LogP contribution in [0.25, 0.3) is 0 Å². The summed E-state index contributed by atoms with van der Waals surface area (Å²) in [4.78, 5) is 14.7. The summed E-state index contributed by atoms with van der Waals surface area (Å²) in [5.74, 6) is -0.0819. The second-order valence-electron chi connectivity index (χ2n) is 5.94. The normalized spacial score (nSPS) is 22.1. The van der Waals surface area contributed by atoms with Crippen LogP contribution in [0.5, 0.6) is 0 Å². The Morgan fingerprint density at radius 1 is 1.22 bits per heavy atom. The number of amides is 1. The van der Waals surface area contributed by atoms with E-state index >= 15 is 0 Å². The fourth-order valence-corrected chi connectivity index (χ4v) is 3.45. The highest BCUT2D eigenvalue weighted by Crippen LogP contribution is 2.41. The van der Waals surface area contributed by atoms with Gasteiger partial charge in [-0.2, -0.15) is 5.26 Å². The zero-order valence-corrected chi connectivity index (χ0v) is 12.5. The Kier molecular flexibility index (Phi) is 3.07. The average molecular weight is 304 g/mol. The number of rotatable bonds is 1. The van der Waals surface area contributed by atoms with Crippen LogP contribution in [0.15, 0.2) is 42.5 Å². The van der Waals surface area contributed by atoms with Crippen molar-refractivity contribution in [3.8, 4) is 6.07 Å². The van der Waals surface area contributed by atoms with Crippen molar-refractivity contribution in [1.29, 1.82) is 5.26 Å². The molecule has 0 aliphatic carbocycles. The number of anilines is 1. The topological polar surface area (TPSA) is 82.2 Å². The van der Waals surface area contributed by atoms with E-state index in [1.54, 1.807) is 12.1 Å². The third-order valence-corrected chi connectivity index (χ3v) is 4.61. The predicted molar refractivity (Wildman–Crippen MR) is 86.7 cm³/mol. The lowest BCUT2D eigenvalue weighted by Crippen LogP contribution is -2.49. The molecule has 2 aliphatic heterocycles. The average Bonchev–Trinajstić information content (AvgIpc) is 2.60. The van der Waals surface area contributed by atoms with Gasteiger partial charge in [-0.3, -0.25) is 4.79 Å². The summed E-state index contributed by atoms with van der Waals surface area (Å²) in [6.45, 7) is 0.788. The number of carbonyl (C=O) groups is 1. The fourth-order valence-electron chi connectivity index (χ4n) is 3.45. The Morgan fingerprint density at radius 3 is 2.74 bits per heavy atom. The SMILES string of the molecule is N#Cc1ccc([C@@H]2NC(=O)c3cccc4c3N2CC[C@H]4N)cc1. The van der Waals surface area contributed by atoms with Gasteiger partial charge in [0, 0.05) is 12.6 Å². The van der Waals surface area contributed by atoms with E-state index in [9.17, 15) is 4.79 Å². The molecule has 3 N–H and O–H groups in total. The van der Waals surface area contributed by atoms with E-state index in [4.69, 9.17) is 11.0 Å². The highest BCUT2D eigenvalue weighted by molar-refractivity contribution is 6.03. The van der Waals surface area contributed by atoms with Gasteiger partial charge in [0.2, 0.25) is 0 Å². The molecule has 0 aromatic heterocycles. The number of hydrogen-bond acceptors (Lipinski definition) is 4. The monoisotopic (exact) mass is 304 g/mol. The molecule has 114 valence electrons. The van der Waals surface area contributed by atoms with Crippen LogP contribution >= 0.6 is 0 Å². The number of nitrogens with one attached hydrogen (secondary N) is 1. The lowest BCUT2D eigenvalue weighted by atomic mass is 9.90. The summed E-state index contributed by atoms with van der Waals surface area (Å²) in [5.41, 5.74) is 10.5. The number of carbonyl (C=O) groups excluding carboxylic acids is 1. The minimum absolute atomic E-state index is 0.0336. The number of para-hydroxylation sites is 1. The smallest absolute Gasteiger partial charge is 0.255 e. The van der Waals surface area contributed by atoms with Crippen molar-refractivity contribution in [2.45, 2.75) is 18.6 Å². The molecule has 0 bridgehead atoms. The van der Waals surface area contributed by atoms with Crippen LogP contribution in [0.3, 0.4) is 0 Å². The summed E-state index contributed by atoms with van der Waals surface area (Å²) >= 11 is 0. The van der Waals surface area contributed by atoms with Crippen LogP contribution in [0.2, 0.25) is 0 Å². The zero-order valence-electron chi connectivity index (χ0n) is 12.5. The Balaban J connectivity index is 1.82. The Labute approximate surface area is 134 Å². The van der Waals surface area contributed by atoms with Crippen LogP contribution in [-0.4, -0.2) is 12.5 Å². The van der Waals surface area contributed by atoms with E-state index in [1.807, 2.05) is 30.3 Å². The second kappa shape index (κ2) is 5.11. The van der Waals surface area contributed by atoms with Crippen molar-refractivity contribution in [3.63, 3.8) is 0 Å². The molecule has 2 heterocycles. The van der Waals surface area contributed by atoms with Gasteiger partial charge in [-0.1, -0.05) is 24.3 Å². The molecule has 0 saturated carbocycles. The number of nitrogens with two attached hydrogens (primary N) is 1. The van der Waals surface area contributed by atoms with E-state index in [0.717, 1.165) is 29.8 Å². The van der Waals surface area contributed by atoms with E-state index in [-0.39, 0.29) is 18.1 Å². The molecule has 1 amide bonds. The molecule has 5 nitrogen and oxygen atoms in total. The predicted octanol–water partition coefficient (Wildman–Crippen LogP) is 2.21. The number of hydrogen-bond donors (Lipinski definition) is 2. The maximum atomic E-state index is 12.5. The largest absolute Gasteiger partial charge is 0.346 e. The number of nitriles is 1. The van der Waals surface area contributed by atoms with Crippen molar-refractivity contribution < 1.29 is 4.79 Å². The van der Waals surface area contributed by atoms with Crippen LogP contribution in [0.4, 0.5) is 5.69 Å². The quantitative estimate of drug-likeness (QED) is 0.846. The fraction of sp³-hybridized carbons (Fsp3) is 0.222. The first-order chi connectivity index (χ1) is 11.2. The van der Waals surface area contributed by atoms with Crippen molar-refractivity contribution in [3.05, 3.63) is 64.7 Å². The molecule has 0 saturated heterocycles.